The van der Waals surface area contributed by atoms with Crippen molar-refractivity contribution in [3.8, 4) is 67.1 Å². The molecular weight excluding hydrogens is 643 g/mol. The Morgan fingerprint density at radius 2 is 0.811 bits per heavy atom. The van der Waals surface area contributed by atoms with Crippen LogP contribution in [0.2, 0.25) is 0 Å². The molecule has 2 heteroatoms. The van der Waals surface area contributed by atoms with E-state index in [9.17, 15) is 0 Å². The maximum Gasteiger partial charge on any atom is 0.135 e. The Kier molecular flexibility index (Phi) is 7.19. The van der Waals surface area contributed by atoms with Gasteiger partial charge in [0.05, 0.1) is 0 Å². The topological polar surface area (TPSA) is 12.5 Å². The number of hydrogen-bond acceptors (Lipinski definition) is 2. The molecule has 53 heavy (non-hydrogen) atoms. The zero-order valence-electron chi connectivity index (χ0n) is 29.8. The zero-order valence-corrected chi connectivity index (χ0v) is 29.8. The molecule has 10 rings (SSSR count). The van der Waals surface area contributed by atoms with Crippen LogP contribution in [-0.2, 0) is 5.41 Å². The SMILES string of the molecule is CC1(C)c2cc(-c3ccccc3)ccc2-c2ccc(N(c3ccc(-c4ccccc4)cc3)c3ccc4c(c3)-c3ccccc3-c3ccccc3O4)cc21. The summed E-state index contributed by atoms with van der Waals surface area (Å²) < 4.78 is 6.64. The fraction of sp³-hybridized carbons (Fsp3) is 0.0588. The van der Waals surface area contributed by atoms with Gasteiger partial charge in [0.1, 0.15) is 11.5 Å². The first-order chi connectivity index (χ1) is 26.0. The number of fused-ring (bicyclic) bond motifs is 8. The van der Waals surface area contributed by atoms with E-state index in [0.717, 1.165) is 45.3 Å². The average molecular weight is 680 g/mol. The summed E-state index contributed by atoms with van der Waals surface area (Å²) in [7, 11) is 0. The molecule has 0 amide bonds. The first-order valence-corrected chi connectivity index (χ1v) is 18.3. The van der Waals surface area contributed by atoms with Crippen LogP contribution in [0.15, 0.2) is 188 Å². The molecule has 0 unspecified atom stereocenters. The fourth-order valence-electron chi connectivity index (χ4n) is 8.36. The monoisotopic (exact) mass is 679 g/mol. The van der Waals surface area contributed by atoms with E-state index in [0.29, 0.717) is 0 Å². The summed E-state index contributed by atoms with van der Waals surface area (Å²) in [6.45, 7) is 4.73. The van der Waals surface area contributed by atoms with Gasteiger partial charge in [-0.15, -0.1) is 0 Å². The predicted octanol–water partition coefficient (Wildman–Crippen LogP) is 14.2. The molecule has 252 valence electrons. The summed E-state index contributed by atoms with van der Waals surface area (Å²) >= 11 is 0. The van der Waals surface area contributed by atoms with Gasteiger partial charge in [-0.3, -0.25) is 0 Å². The van der Waals surface area contributed by atoms with Gasteiger partial charge in [0, 0.05) is 33.6 Å². The highest BCUT2D eigenvalue weighted by Gasteiger charge is 2.36. The van der Waals surface area contributed by atoms with Crippen LogP contribution in [0.4, 0.5) is 17.1 Å². The first-order valence-electron chi connectivity index (χ1n) is 18.3. The Labute approximate surface area is 311 Å². The molecule has 0 aromatic heterocycles. The molecule has 0 spiro atoms. The van der Waals surface area contributed by atoms with E-state index in [1.807, 2.05) is 6.07 Å². The maximum atomic E-state index is 6.64. The largest absolute Gasteiger partial charge is 0.456 e. The fourth-order valence-corrected chi connectivity index (χ4v) is 8.36. The van der Waals surface area contributed by atoms with Gasteiger partial charge in [-0.25, -0.2) is 0 Å². The number of hydrogen-bond donors (Lipinski definition) is 0. The van der Waals surface area contributed by atoms with Gasteiger partial charge in [-0.05, 0) is 110 Å². The molecule has 0 N–H and O–H groups in total. The molecular formula is C51H37NO. The van der Waals surface area contributed by atoms with E-state index >= 15 is 0 Å². The van der Waals surface area contributed by atoms with Gasteiger partial charge >= 0.3 is 0 Å². The average Bonchev–Trinajstić information content (AvgIpc) is 3.34. The van der Waals surface area contributed by atoms with Gasteiger partial charge in [-0.2, -0.15) is 0 Å². The Morgan fingerprint density at radius 3 is 1.53 bits per heavy atom. The first kappa shape index (κ1) is 31.1. The van der Waals surface area contributed by atoms with E-state index in [1.54, 1.807) is 0 Å². The molecule has 0 atom stereocenters. The second-order valence-electron chi connectivity index (χ2n) is 14.6. The number of nitrogens with zero attached hydrogens (tertiary/aromatic N) is 1. The molecule has 0 saturated carbocycles. The van der Waals surface area contributed by atoms with E-state index in [-0.39, 0.29) is 5.41 Å². The molecule has 0 bridgehead atoms. The van der Waals surface area contributed by atoms with E-state index in [1.165, 1.54) is 50.1 Å². The van der Waals surface area contributed by atoms with Crippen molar-refractivity contribution in [3.63, 3.8) is 0 Å². The molecule has 0 radical (unpaired) electrons. The lowest BCUT2D eigenvalue weighted by atomic mass is 9.81. The molecule has 2 nitrogen and oxygen atoms in total. The minimum atomic E-state index is -0.180. The number of rotatable bonds is 5. The van der Waals surface area contributed by atoms with Crippen LogP contribution >= 0.6 is 0 Å². The van der Waals surface area contributed by atoms with Gasteiger partial charge < -0.3 is 9.64 Å². The normalized spacial score (nSPS) is 13.0. The molecule has 0 saturated heterocycles. The Balaban J connectivity index is 1.12. The van der Waals surface area contributed by atoms with Crippen molar-refractivity contribution in [1.82, 2.24) is 0 Å². The minimum absolute atomic E-state index is 0.180. The molecule has 0 fully saturated rings. The lowest BCUT2D eigenvalue weighted by Crippen LogP contribution is -2.16. The van der Waals surface area contributed by atoms with Gasteiger partial charge in [0.25, 0.3) is 0 Å². The highest BCUT2D eigenvalue weighted by atomic mass is 16.5. The highest BCUT2D eigenvalue weighted by molar-refractivity contribution is 5.93. The van der Waals surface area contributed by atoms with Crippen molar-refractivity contribution in [1.29, 1.82) is 0 Å². The van der Waals surface area contributed by atoms with E-state index in [4.69, 9.17) is 4.74 Å². The molecule has 1 aliphatic heterocycles. The Morgan fingerprint density at radius 1 is 0.340 bits per heavy atom. The third-order valence-corrected chi connectivity index (χ3v) is 11.1. The summed E-state index contributed by atoms with van der Waals surface area (Å²) in [5.41, 5.74) is 17.8. The summed E-state index contributed by atoms with van der Waals surface area (Å²) in [6.07, 6.45) is 0. The second-order valence-corrected chi connectivity index (χ2v) is 14.6. The third-order valence-electron chi connectivity index (χ3n) is 11.1. The van der Waals surface area contributed by atoms with Crippen molar-refractivity contribution >= 4 is 17.1 Å². The van der Waals surface area contributed by atoms with Crippen LogP contribution in [-0.4, -0.2) is 0 Å². The summed E-state index contributed by atoms with van der Waals surface area (Å²) in [6, 6.07) is 67.8. The van der Waals surface area contributed by atoms with Crippen molar-refractivity contribution in [3.05, 3.63) is 199 Å². The number of benzene rings is 8. The van der Waals surface area contributed by atoms with Gasteiger partial charge in [-0.1, -0.05) is 147 Å². The summed E-state index contributed by atoms with van der Waals surface area (Å²) in [5.74, 6) is 1.72. The van der Waals surface area contributed by atoms with Crippen LogP contribution < -0.4 is 9.64 Å². The number of ether oxygens (including phenoxy) is 1. The summed E-state index contributed by atoms with van der Waals surface area (Å²) in [4.78, 5) is 2.39. The predicted molar refractivity (Wildman–Crippen MR) is 221 cm³/mol. The lowest BCUT2D eigenvalue weighted by Gasteiger charge is -2.29. The number of anilines is 3. The molecule has 8 aromatic rings. The van der Waals surface area contributed by atoms with Crippen LogP contribution in [0.5, 0.6) is 11.5 Å². The summed E-state index contributed by atoms with van der Waals surface area (Å²) in [5, 5.41) is 0. The van der Waals surface area contributed by atoms with Gasteiger partial charge in [0.15, 0.2) is 0 Å². The minimum Gasteiger partial charge on any atom is -0.456 e. The molecule has 8 aromatic carbocycles. The zero-order chi connectivity index (χ0) is 35.5. The van der Waals surface area contributed by atoms with Crippen LogP contribution in [0.1, 0.15) is 25.0 Å². The van der Waals surface area contributed by atoms with E-state index < -0.39 is 0 Å². The van der Waals surface area contributed by atoms with Crippen molar-refractivity contribution in [2.75, 3.05) is 4.90 Å². The molecule has 1 heterocycles. The van der Waals surface area contributed by atoms with Crippen molar-refractivity contribution < 1.29 is 4.74 Å². The number of para-hydroxylation sites is 1. The second kappa shape index (κ2) is 12.3. The third kappa shape index (κ3) is 5.18. The van der Waals surface area contributed by atoms with Crippen LogP contribution in [0.25, 0.3) is 55.6 Å². The smallest absolute Gasteiger partial charge is 0.135 e. The quantitative estimate of drug-likeness (QED) is 0.180. The van der Waals surface area contributed by atoms with E-state index in [2.05, 4.69) is 201 Å². The standard InChI is InChI=1S/C51H37NO/c1-51(2)47-31-37(35-15-7-4-8-16-35)23-28-43(47)44-29-26-40(33-48(44)51)52(38-24-21-36(22-25-38)34-13-5-3-6-14-34)39-27-30-50-46(32-39)42-18-10-9-17-41(42)45-19-11-12-20-49(45)53-50/h3-33H,1-2H3. The molecule has 1 aliphatic carbocycles. The highest BCUT2D eigenvalue weighted by Crippen LogP contribution is 2.53. The van der Waals surface area contributed by atoms with Crippen LogP contribution in [0.3, 0.4) is 0 Å². The Hall–Kier alpha value is -6.64. The Bertz CT molecular complexity index is 2660. The van der Waals surface area contributed by atoms with Crippen LogP contribution in [0, 0.1) is 0 Å². The molecule has 2 aliphatic rings. The maximum absolute atomic E-state index is 6.64. The van der Waals surface area contributed by atoms with Crippen molar-refractivity contribution in [2.45, 2.75) is 19.3 Å². The lowest BCUT2D eigenvalue weighted by molar-refractivity contribution is 0.488. The van der Waals surface area contributed by atoms with Gasteiger partial charge in [0.2, 0.25) is 0 Å². The van der Waals surface area contributed by atoms with Crippen molar-refractivity contribution in [2.24, 2.45) is 0 Å².